The molecule has 3 rings (SSSR count). The Morgan fingerprint density at radius 3 is 2.36 bits per heavy atom. The van der Waals surface area contributed by atoms with Gasteiger partial charge in [-0.05, 0) is 55.3 Å². The van der Waals surface area contributed by atoms with Crippen molar-refractivity contribution < 1.29 is 4.39 Å². The van der Waals surface area contributed by atoms with Gasteiger partial charge in [0.15, 0.2) is 11.6 Å². The molecule has 0 radical (unpaired) electrons. The van der Waals surface area contributed by atoms with E-state index in [9.17, 15) is 4.39 Å². The van der Waals surface area contributed by atoms with Crippen molar-refractivity contribution >= 4 is 44.6 Å². The molecule has 0 saturated carbocycles. The largest absolute Gasteiger partial charge is 0.393 e. The Balaban J connectivity index is 1.87. The van der Waals surface area contributed by atoms with Crippen LogP contribution in [0.4, 0.5) is 33.1 Å². The summed E-state index contributed by atoms with van der Waals surface area (Å²) in [6, 6.07) is 10.7. The number of aryl methyl sites for hydroxylation is 2. The predicted octanol–water partition coefficient (Wildman–Crippen LogP) is 5.06. The number of nitrogens with one attached hydrogen (secondary N) is 2. The summed E-state index contributed by atoms with van der Waals surface area (Å²) in [5, 5.41) is 6.08. The molecule has 0 amide bonds. The fourth-order valence-electron chi connectivity index (χ4n) is 2.27. The second-order valence-electron chi connectivity index (χ2n) is 5.66. The van der Waals surface area contributed by atoms with Gasteiger partial charge < -0.3 is 16.4 Å². The monoisotopic (exact) mass is 401 g/mol. The molecule has 0 fully saturated rings. The van der Waals surface area contributed by atoms with Gasteiger partial charge in [-0.25, -0.2) is 14.4 Å². The fourth-order valence-corrected chi connectivity index (χ4v) is 2.60. The average Bonchev–Trinajstić information content (AvgIpc) is 2.57. The Kier molecular flexibility index (Phi) is 4.85. The van der Waals surface area contributed by atoms with Crippen molar-refractivity contribution in [2.45, 2.75) is 13.8 Å². The summed E-state index contributed by atoms with van der Waals surface area (Å²) in [6.07, 6.45) is 1.37. The molecule has 0 aliphatic rings. The molecule has 1 aromatic heterocycles. The smallest absolute Gasteiger partial charge is 0.159 e. The Morgan fingerprint density at radius 2 is 1.68 bits per heavy atom. The molecule has 7 heteroatoms. The topological polar surface area (TPSA) is 75.9 Å². The van der Waals surface area contributed by atoms with E-state index in [2.05, 4.69) is 36.5 Å². The third-order valence-electron chi connectivity index (χ3n) is 3.84. The molecule has 25 heavy (non-hydrogen) atoms. The van der Waals surface area contributed by atoms with Crippen LogP contribution in [0.15, 0.2) is 47.2 Å². The van der Waals surface area contributed by atoms with Crippen molar-refractivity contribution in [1.82, 2.24) is 9.97 Å². The fraction of sp³-hybridized carbons (Fsp3) is 0.111. The molecule has 0 unspecified atom stereocenters. The molecule has 0 spiro atoms. The number of hydrogen-bond donors (Lipinski definition) is 3. The van der Waals surface area contributed by atoms with Crippen molar-refractivity contribution in [3.63, 3.8) is 0 Å². The van der Waals surface area contributed by atoms with Crippen LogP contribution in [0.5, 0.6) is 0 Å². The van der Waals surface area contributed by atoms with E-state index < -0.39 is 5.82 Å². The van der Waals surface area contributed by atoms with E-state index in [0.717, 1.165) is 11.3 Å². The number of nitrogen functional groups attached to an aromatic ring is 1. The van der Waals surface area contributed by atoms with Gasteiger partial charge in [0.05, 0.1) is 5.69 Å². The van der Waals surface area contributed by atoms with Gasteiger partial charge in [-0.2, -0.15) is 0 Å². The first-order valence-electron chi connectivity index (χ1n) is 7.61. The summed E-state index contributed by atoms with van der Waals surface area (Å²) in [7, 11) is 0. The molecule has 0 atom stereocenters. The number of aromatic nitrogens is 2. The van der Waals surface area contributed by atoms with E-state index in [1.165, 1.54) is 18.0 Å². The van der Waals surface area contributed by atoms with Crippen molar-refractivity contribution in [2.75, 3.05) is 16.4 Å². The normalized spacial score (nSPS) is 10.6. The van der Waals surface area contributed by atoms with Gasteiger partial charge in [0.25, 0.3) is 0 Å². The maximum atomic E-state index is 14.0. The minimum Gasteiger partial charge on any atom is -0.393 e. The number of nitrogens with two attached hydrogens (primary N) is 1. The summed E-state index contributed by atoms with van der Waals surface area (Å²) in [5.41, 5.74) is 9.97. The zero-order valence-electron chi connectivity index (χ0n) is 13.8. The molecule has 0 aliphatic heterocycles. The highest BCUT2D eigenvalue weighted by atomic mass is 79.9. The highest BCUT2D eigenvalue weighted by molar-refractivity contribution is 9.10. The standard InChI is InChI=1S/C18H17BrFN5/c1-10-3-5-13(7-11(10)2)24-17-16(21)18(23-9-22-17)25-15-6-4-12(19)8-14(15)20/h3-9H,21H2,1-2H3,(H2,22,23,24,25). The molecule has 128 valence electrons. The quantitative estimate of drug-likeness (QED) is 0.569. The lowest BCUT2D eigenvalue weighted by Crippen LogP contribution is -2.06. The van der Waals surface area contributed by atoms with E-state index in [1.54, 1.807) is 12.1 Å². The van der Waals surface area contributed by atoms with Crippen molar-refractivity contribution in [1.29, 1.82) is 0 Å². The van der Waals surface area contributed by atoms with E-state index in [-0.39, 0.29) is 5.69 Å². The first-order valence-corrected chi connectivity index (χ1v) is 8.40. The van der Waals surface area contributed by atoms with Crippen LogP contribution in [0.1, 0.15) is 11.1 Å². The molecule has 1 heterocycles. The van der Waals surface area contributed by atoms with Gasteiger partial charge in [0.2, 0.25) is 0 Å². The average molecular weight is 402 g/mol. The number of halogens is 2. The van der Waals surface area contributed by atoms with E-state index in [0.29, 0.717) is 21.8 Å². The van der Waals surface area contributed by atoms with Gasteiger partial charge in [-0.1, -0.05) is 22.0 Å². The number of rotatable bonds is 4. The number of hydrogen-bond acceptors (Lipinski definition) is 5. The minimum absolute atomic E-state index is 0.283. The molecule has 0 bridgehead atoms. The van der Waals surface area contributed by atoms with Crippen LogP contribution in [-0.4, -0.2) is 9.97 Å². The molecule has 5 nitrogen and oxygen atoms in total. The highest BCUT2D eigenvalue weighted by Gasteiger charge is 2.11. The van der Waals surface area contributed by atoms with E-state index in [4.69, 9.17) is 5.73 Å². The third kappa shape index (κ3) is 3.88. The van der Waals surface area contributed by atoms with Crippen LogP contribution in [-0.2, 0) is 0 Å². The maximum absolute atomic E-state index is 14.0. The summed E-state index contributed by atoms with van der Waals surface area (Å²) >= 11 is 3.23. The van der Waals surface area contributed by atoms with Gasteiger partial charge in [-0.3, -0.25) is 0 Å². The SMILES string of the molecule is Cc1ccc(Nc2ncnc(Nc3ccc(Br)cc3F)c2N)cc1C. The Hall–Kier alpha value is -2.67. The minimum atomic E-state index is -0.406. The molecule has 4 N–H and O–H groups in total. The Bertz CT molecular complexity index is 929. The van der Waals surface area contributed by atoms with Crippen LogP contribution >= 0.6 is 15.9 Å². The first-order chi connectivity index (χ1) is 11.9. The summed E-state index contributed by atoms with van der Waals surface area (Å²) in [4.78, 5) is 8.28. The number of benzene rings is 2. The summed E-state index contributed by atoms with van der Waals surface area (Å²) in [5.74, 6) is 0.386. The van der Waals surface area contributed by atoms with E-state index in [1.807, 2.05) is 32.0 Å². The zero-order valence-corrected chi connectivity index (χ0v) is 15.4. The lowest BCUT2D eigenvalue weighted by atomic mass is 10.1. The van der Waals surface area contributed by atoms with Gasteiger partial charge in [0.1, 0.15) is 17.8 Å². The Morgan fingerprint density at radius 1 is 0.960 bits per heavy atom. The summed E-state index contributed by atoms with van der Waals surface area (Å²) < 4.78 is 14.7. The van der Waals surface area contributed by atoms with Crippen LogP contribution in [0.2, 0.25) is 0 Å². The predicted molar refractivity (Wildman–Crippen MR) is 103 cm³/mol. The maximum Gasteiger partial charge on any atom is 0.159 e. The van der Waals surface area contributed by atoms with E-state index >= 15 is 0 Å². The van der Waals surface area contributed by atoms with Crippen LogP contribution in [0.25, 0.3) is 0 Å². The molecule has 2 aromatic carbocycles. The van der Waals surface area contributed by atoms with Gasteiger partial charge >= 0.3 is 0 Å². The molecule has 0 aliphatic carbocycles. The van der Waals surface area contributed by atoms with Crippen LogP contribution < -0.4 is 16.4 Å². The van der Waals surface area contributed by atoms with Gasteiger partial charge in [0, 0.05) is 10.2 Å². The summed E-state index contributed by atoms with van der Waals surface area (Å²) in [6.45, 7) is 4.08. The lowest BCUT2D eigenvalue weighted by Gasteiger charge is -2.13. The molecular weight excluding hydrogens is 385 g/mol. The lowest BCUT2D eigenvalue weighted by molar-refractivity contribution is 0.631. The highest BCUT2D eigenvalue weighted by Crippen LogP contribution is 2.30. The number of nitrogens with zero attached hydrogens (tertiary/aromatic N) is 2. The first kappa shape index (κ1) is 17.2. The van der Waals surface area contributed by atoms with Crippen LogP contribution in [0.3, 0.4) is 0 Å². The second-order valence-corrected chi connectivity index (χ2v) is 6.57. The van der Waals surface area contributed by atoms with Crippen LogP contribution in [0, 0.1) is 19.7 Å². The molecule has 3 aromatic rings. The third-order valence-corrected chi connectivity index (χ3v) is 4.33. The van der Waals surface area contributed by atoms with Crippen molar-refractivity contribution in [2.24, 2.45) is 0 Å². The Labute approximate surface area is 153 Å². The number of anilines is 5. The van der Waals surface area contributed by atoms with Gasteiger partial charge in [-0.15, -0.1) is 0 Å². The van der Waals surface area contributed by atoms with Crippen molar-refractivity contribution in [3.05, 3.63) is 64.1 Å². The molecule has 0 saturated heterocycles. The zero-order chi connectivity index (χ0) is 18.0. The van der Waals surface area contributed by atoms with Crippen molar-refractivity contribution in [3.8, 4) is 0 Å². The second kappa shape index (κ2) is 7.06. The molecular formula is C18H17BrFN5.